The zero-order valence-corrected chi connectivity index (χ0v) is 21.4. The summed E-state index contributed by atoms with van der Waals surface area (Å²) in [6, 6.07) is 8.10. The van der Waals surface area contributed by atoms with Crippen LogP contribution in [0.5, 0.6) is 5.75 Å². The van der Waals surface area contributed by atoms with Gasteiger partial charge in [-0.15, -0.1) is 24.0 Å². The summed E-state index contributed by atoms with van der Waals surface area (Å²) in [5.74, 6) is 2.37. The third-order valence-corrected chi connectivity index (χ3v) is 5.97. The molecule has 1 aliphatic heterocycles. The maximum absolute atomic E-state index is 12.3. The first kappa shape index (κ1) is 25.7. The van der Waals surface area contributed by atoms with Crippen molar-refractivity contribution < 1.29 is 9.53 Å². The second-order valence-electron chi connectivity index (χ2n) is 8.42. The molecule has 31 heavy (non-hydrogen) atoms. The summed E-state index contributed by atoms with van der Waals surface area (Å²) < 4.78 is 5.96. The lowest BCUT2D eigenvalue weighted by atomic mass is 9.84. The molecule has 1 aliphatic carbocycles. The predicted octanol–water partition coefficient (Wildman–Crippen LogP) is 2.49. The van der Waals surface area contributed by atoms with Crippen molar-refractivity contribution in [2.45, 2.75) is 39.2 Å². The lowest BCUT2D eigenvalue weighted by Crippen LogP contribution is -2.52. The number of nitrogens with zero attached hydrogens (tertiary/aromatic N) is 3. The number of amides is 1. The van der Waals surface area contributed by atoms with Gasteiger partial charge in [0.25, 0.3) is 0 Å². The van der Waals surface area contributed by atoms with Crippen LogP contribution in [0.1, 0.15) is 31.7 Å². The second kappa shape index (κ2) is 13.1. The number of ether oxygens (including phenoxy) is 1. The smallest absolute Gasteiger partial charge is 0.225 e. The normalized spacial score (nSPS) is 18.5. The number of halogens is 1. The summed E-state index contributed by atoms with van der Waals surface area (Å²) in [6.45, 7) is 10.2. The van der Waals surface area contributed by atoms with Crippen molar-refractivity contribution in [1.82, 2.24) is 20.4 Å². The van der Waals surface area contributed by atoms with Crippen LogP contribution in [0, 0.1) is 12.8 Å². The van der Waals surface area contributed by atoms with Crippen LogP contribution in [0.2, 0.25) is 0 Å². The van der Waals surface area contributed by atoms with Crippen LogP contribution in [0.15, 0.2) is 29.3 Å². The van der Waals surface area contributed by atoms with Crippen LogP contribution < -0.4 is 15.4 Å². The molecule has 7 nitrogen and oxygen atoms in total. The number of hydrogen-bond donors (Lipinski definition) is 2. The second-order valence-corrected chi connectivity index (χ2v) is 8.42. The highest BCUT2D eigenvalue weighted by Gasteiger charge is 2.30. The molecule has 174 valence electrons. The average Bonchev–Trinajstić information content (AvgIpc) is 2.69. The van der Waals surface area contributed by atoms with E-state index in [4.69, 9.17) is 4.74 Å². The van der Waals surface area contributed by atoms with Crippen LogP contribution >= 0.6 is 24.0 Å². The van der Waals surface area contributed by atoms with Gasteiger partial charge in [0.2, 0.25) is 5.91 Å². The summed E-state index contributed by atoms with van der Waals surface area (Å²) >= 11 is 0. The van der Waals surface area contributed by atoms with Crippen molar-refractivity contribution in [3.05, 3.63) is 29.8 Å². The molecule has 1 saturated heterocycles. The van der Waals surface area contributed by atoms with Gasteiger partial charge in [0.1, 0.15) is 11.9 Å². The molecule has 0 bridgehead atoms. The highest BCUT2D eigenvalue weighted by atomic mass is 127. The average molecular weight is 543 g/mol. The minimum atomic E-state index is 0. The fourth-order valence-corrected chi connectivity index (χ4v) is 3.86. The summed E-state index contributed by atoms with van der Waals surface area (Å²) in [6.07, 6.45) is 3.42. The number of carbonyl (C=O) groups is 1. The Morgan fingerprint density at radius 3 is 2.58 bits per heavy atom. The zero-order valence-electron chi connectivity index (χ0n) is 19.1. The Morgan fingerprint density at radius 2 is 1.97 bits per heavy atom. The summed E-state index contributed by atoms with van der Waals surface area (Å²) in [5, 5.41) is 6.71. The fourth-order valence-electron chi connectivity index (χ4n) is 3.86. The highest BCUT2D eigenvalue weighted by Crippen LogP contribution is 2.28. The number of carbonyl (C=O) groups excluding carboxylic acids is 1. The van der Waals surface area contributed by atoms with Crippen LogP contribution in [-0.2, 0) is 4.79 Å². The number of guanidine groups is 1. The molecule has 0 radical (unpaired) electrons. The molecule has 1 unspecified atom stereocenters. The number of benzene rings is 1. The first-order chi connectivity index (χ1) is 14.5. The van der Waals surface area contributed by atoms with Gasteiger partial charge in [0.05, 0.1) is 6.54 Å². The van der Waals surface area contributed by atoms with E-state index in [0.29, 0.717) is 18.4 Å². The molecule has 1 aromatic carbocycles. The van der Waals surface area contributed by atoms with Gasteiger partial charge >= 0.3 is 0 Å². The highest BCUT2D eigenvalue weighted by molar-refractivity contribution is 14.0. The Bertz CT molecular complexity index is 718. The molecular formula is C23H38IN5O2. The third kappa shape index (κ3) is 8.14. The third-order valence-electron chi connectivity index (χ3n) is 5.97. The van der Waals surface area contributed by atoms with E-state index in [2.05, 4.69) is 38.4 Å². The minimum absolute atomic E-state index is 0. The van der Waals surface area contributed by atoms with Gasteiger partial charge in [0.15, 0.2) is 5.96 Å². The SMILES string of the molecule is CN=C(NCCN1CCN(C(=O)C2CCC2)CC1)NCC(C)Oc1cccc(C)c1.I. The lowest BCUT2D eigenvalue weighted by Gasteiger charge is -2.38. The van der Waals surface area contributed by atoms with Gasteiger partial charge in [-0.1, -0.05) is 18.6 Å². The Kier molecular flexibility index (Phi) is 10.9. The van der Waals surface area contributed by atoms with E-state index in [1.165, 1.54) is 12.0 Å². The van der Waals surface area contributed by atoms with Crippen LogP contribution in [0.3, 0.4) is 0 Å². The first-order valence-electron chi connectivity index (χ1n) is 11.2. The summed E-state index contributed by atoms with van der Waals surface area (Å²) in [4.78, 5) is 21.1. The van der Waals surface area contributed by atoms with E-state index in [1.807, 2.05) is 25.1 Å². The quantitative estimate of drug-likeness (QED) is 0.300. The first-order valence-corrected chi connectivity index (χ1v) is 11.2. The number of aryl methyl sites for hydroxylation is 1. The number of nitrogens with one attached hydrogen (secondary N) is 2. The molecule has 1 atom stereocenters. The predicted molar refractivity (Wildman–Crippen MR) is 136 cm³/mol. The monoisotopic (exact) mass is 543 g/mol. The van der Waals surface area contributed by atoms with Gasteiger partial charge in [-0.25, -0.2) is 0 Å². The molecular weight excluding hydrogens is 505 g/mol. The lowest BCUT2D eigenvalue weighted by molar-refractivity contribution is -0.139. The van der Waals surface area contributed by atoms with Crippen molar-refractivity contribution in [3.8, 4) is 5.75 Å². The van der Waals surface area contributed by atoms with Gasteiger partial charge < -0.3 is 20.3 Å². The largest absolute Gasteiger partial charge is 0.489 e. The molecule has 1 aromatic rings. The van der Waals surface area contributed by atoms with E-state index < -0.39 is 0 Å². The van der Waals surface area contributed by atoms with Gasteiger partial charge in [0, 0.05) is 52.2 Å². The molecule has 3 rings (SSSR count). The van der Waals surface area contributed by atoms with Crippen LogP contribution in [-0.4, -0.2) is 80.6 Å². The van der Waals surface area contributed by atoms with Crippen molar-refractivity contribution >= 4 is 35.8 Å². The Balaban J connectivity index is 0.00000341. The van der Waals surface area contributed by atoms with E-state index >= 15 is 0 Å². The van der Waals surface area contributed by atoms with Gasteiger partial charge in [-0.3, -0.25) is 14.7 Å². The van der Waals surface area contributed by atoms with Crippen molar-refractivity contribution in [2.75, 3.05) is 52.9 Å². The van der Waals surface area contributed by atoms with E-state index in [9.17, 15) is 4.79 Å². The number of aliphatic imine (C=N–C) groups is 1. The maximum atomic E-state index is 12.3. The van der Waals surface area contributed by atoms with Gasteiger partial charge in [-0.05, 0) is 44.4 Å². The molecule has 1 amide bonds. The summed E-state index contributed by atoms with van der Waals surface area (Å²) in [5.41, 5.74) is 1.19. The minimum Gasteiger partial charge on any atom is -0.489 e. The molecule has 2 aliphatic rings. The Hall–Kier alpha value is -1.55. The molecule has 2 N–H and O–H groups in total. The topological polar surface area (TPSA) is 69.2 Å². The van der Waals surface area contributed by atoms with Gasteiger partial charge in [-0.2, -0.15) is 0 Å². The molecule has 1 heterocycles. The Labute approximate surface area is 204 Å². The van der Waals surface area contributed by atoms with Crippen molar-refractivity contribution in [2.24, 2.45) is 10.9 Å². The number of piperazine rings is 1. The number of hydrogen-bond acceptors (Lipinski definition) is 4. The molecule has 0 aromatic heterocycles. The molecule has 2 fully saturated rings. The Morgan fingerprint density at radius 1 is 1.23 bits per heavy atom. The maximum Gasteiger partial charge on any atom is 0.225 e. The number of rotatable bonds is 8. The van der Waals surface area contributed by atoms with E-state index in [-0.39, 0.29) is 30.1 Å². The summed E-state index contributed by atoms with van der Waals surface area (Å²) in [7, 11) is 1.78. The molecule has 8 heteroatoms. The standard InChI is InChI=1S/C23H37N5O2.HI/c1-18-6-4-9-21(16-18)30-19(2)17-26-23(24-3)25-10-11-27-12-14-28(15-13-27)22(29)20-7-5-8-20;/h4,6,9,16,19-20H,5,7-8,10-15,17H2,1-3H3,(H2,24,25,26);1H. The van der Waals surface area contributed by atoms with Crippen LogP contribution in [0.25, 0.3) is 0 Å². The van der Waals surface area contributed by atoms with E-state index in [0.717, 1.165) is 63.8 Å². The fraction of sp³-hybridized carbons (Fsp3) is 0.652. The molecule has 1 saturated carbocycles. The van der Waals surface area contributed by atoms with E-state index in [1.54, 1.807) is 7.05 Å². The van der Waals surface area contributed by atoms with Crippen molar-refractivity contribution in [3.63, 3.8) is 0 Å². The zero-order chi connectivity index (χ0) is 21.3. The van der Waals surface area contributed by atoms with Crippen molar-refractivity contribution in [1.29, 1.82) is 0 Å². The molecule has 0 spiro atoms. The van der Waals surface area contributed by atoms with Crippen LogP contribution in [0.4, 0.5) is 0 Å².